The van der Waals surface area contributed by atoms with E-state index in [9.17, 15) is 5.11 Å². The van der Waals surface area contributed by atoms with Crippen LogP contribution >= 0.6 is 0 Å². The maximum atomic E-state index is 10.3. The van der Waals surface area contributed by atoms with Gasteiger partial charge in [-0.1, -0.05) is 63.6 Å². The maximum absolute atomic E-state index is 10.3. The van der Waals surface area contributed by atoms with Crippen LogP contribution in [-0.4, -0.2) is 11.2 Å². The quantitative estimate of drug-likeness (QED) is 0.460. The third kappa shape index (κ3) is 3.58. The fraction of sp³-hybridized carbons (Fsp3) is 0.793. The van der Waals surface area contributed by atoms with Crippen LogP contribution in [0.5, 0.6) is 0 Å². The topological polar surface area (TPSA) is 20.2 Å². The smallest absolute Gasteiger partial charge is 0.0543 e. The van der Waals surface area contributed by atoms with Crippen molar-refractivity contribution in [1.29, 1.82) is 0 Å². The largest absolute Gasteiger partial charge is 0.393 e. The third-order valence-corrected chi connectivity index (χ3v) is 10.5. The summed E-state index contributed by atoms with van der Waals surface area (Å²) in [5.74, 6) is 4.27. The van der Waals surface area contributed by atoms with Gasteiger partial charge >= 0.3 is 0 Å². The van der Waals surface area contributed by atoms with E-state index in [0.29, 0.717) is 28.6 Å². The van der Waals surface area contributed by atoms with Gasteiger partial charge in [0.05, 0.1) is 6.10 Å². The molecule has 0 bridgehead atoms. The summed E-state index contributed by atoms with van der Waals surface area (Å²) in [6.07, 6.45) is 18.8. The summed E-state index contributed by atoms with van der Waals surface area (Å²) in [7, 11) is 0. The van der Waals surface area contributed by atoms with Crippen molar-refractivity contribution in [1.82, 2.24) is 0 Å². The van der Waals surface area contributed by atoms with Crippen LogP contribution in [0.4, 0.5) is 0 Å². The molecule has 168 valence electrons. The number of hydrogen-bond donors (Lipinski definition) is 1. The molecular formula is C29H46O. The summed E-state index contributed by atoms with van der Waals surface area (Å²) in [4.78, 5) is 0. The molecule has 0 heterocycles. The van der Waals surface area contributed by atoms with E-state index in [-0.39, 0.29) is 6.10 Å². The van der Waals surface area contributed by atoms with E-state index in [1.54, 1.807) is 0 Å². The average Bonchev–Trinajstić information content (AvgIpc) is 3.06. The van der Waals surface area contributed by atoms with Gasteiger partial charge in [-0.05, 0) is 111 Å². The summed E-state index contributed by atoms with van der Waals surface area (Å²) in [6.45, 7) is 16.3. The zero-order valence-corrected chi connectivity index (χ0v) is 20.3. The van der Waals surface area contributed by atoms with E-state index in [1.165, 1.54) is 44.1 Å². The van der Waals surface area contributed by atoms with Crippen molar-refractivity contribution in [2.24, 2.45) is 46.3 Å². The van der Waals surface area contributed by atoms with Gasteiger partial charge in [-0.15, -0.1) is 0 Å². The zero-order valence-electron chi connectivity index (χ0n) is 20.3. The van der Waals surface area contributed by atoms with Crippen molar-refractivity contribution >= 4 is 0 Å². The van der Waals surface area contributed by atoms with Gasteiger partial charge in [0.15, 0.2) is 0 Å². The lowest BCUT2D eigenvalue weighted by Gasteiger charge is -2.57. The molecule has 30 heavy (non-hydrogen) atoms. The van der Waals surface area contributed by atoms with Crippen molar-refractivity contribution in [3.05, 3.63) is 36.0 Å². The number of aliphatic hydroxyl groups excluding tert-OH is 1. The molecule has 0 amide bonds. The summed E-state index contributed by atoms with van der Waals surface area (Å²) in [6, 6.07) is 0. The van der Waals surface area contributed by atoms with Crippen LogP contribution in [0.2, 0.25) is 0 Å². The van der Waals surface area contributed by atoms with E-state index < -0.39 is 0 Å². The van der Waals surface area contributed by atoms with E-state index in [0.717, 1.165) is 37.0 Å². The van der Waals surface area contributed by atoms with Gasteiger partial charge in [0, 0.05) is 0 Å². The number of hydrogen-bond acceptors (Lipinski definition) is 1. The molecule has 4 rings (SSSR count). The highest BCUT2D eigenvalue weighted by Gasteiger charge is 2.57. The van der Waals surface area contributed by atoms with Gasteiger partial charge in [0.1, 0.15) is 0 Å². The Morgan fingerprint density at radius 3 is 2.53 bits per heavy atom. The predicted octanol–water partition coefficient (Wildman–Crippen LogP) is 7.72. The minimum absolute atomic E-state index is 0.0541. The summed E-state index contributed by atoms with van der Waals surface area (Å²) in [5.41, 5.74) is 4.04. The first-order chi connectivity index (χ1) is 14.2. The number of allylic oxidation sites excluding steroid dienone is 5. The lowest BCUT2D eigenvalue weighted by molar-refractivity contribution is -0.0414. The Morgan fingerprint density at radius 2 is 1.83 bits per heavy atom. The first-order valence-corrected chi connectivity index (χ1v) is 12.9. The molecule has 0 aromatic heterocycles. The Balaban J connectivity index is 1.54. The molecule has 0 radical (unpaired) electrons. The monoisotopic (exact) mass is 410 g/mol. The fourth-order valence-electron chi connectivity index (χ4n) is 8.49. The molecule has 0 spiro atoms. The van der Waals surface area contributed by atoms with Crippen molar-refractivity contribution in [3.8, 4) is 0 Å². The second kappa shape index (κ2) is 8.27. The number of aliphatic hydroxyl groups is 1. The van der Waals surface area contributed by atoms with Gasteiger partial charge in [-0.3, -0.25) is 0 Å². The van der Waals surface area contributed by atoms with E-state index in [1.807, 2.05) is 5.57 Å². The van der Waals surface area contributed by atoms with Crippen LogP contribution < -0.4 is 0 Å². The molecule has 1 nitrogen and oxygen atoms in total. The van der Waals surface area contributed by atoms with Crippen LogP contribution in [0, 0.1) is 46.3 Å². The lowest BCUT2D eigenvalue weighted by Crippen LogP contribution is -2.49. The van der Waals surface area contributed by atoms with E-state index in [4.69, 9.17) is 0 Å². The molecule has 3 saturated carbocycles. The molecule has 1 heteroatoms. The number of rotatable bonds is 5. The highest BCUT2D eigenvalue weighted by molar-refractivity contribution is 5.28. The van der Waals surface area contributed by atoms with Gasteiger partial charge in [0.2, 0.25) is 0 Å². The third-order valence-electron chi connectivity index (χ3n) is 10.5. The molecular weight excluding hydrogens is 364 g/mol. The van der Waals surface area contributed by atoms with Gasteiger partial charge in [-0.2, -0.15) is 0 Å². The van der Waals surface area contributed by atoms with Gasteiger partial charge < -0.3 is 5.11 Å². The molecule has 0 aromatic carbocycles. The molecule has 1 N–H and O–H groups in total. The minimum atomic E-state index is -0.0541. The first-order valence-electron chi connectivity index (χ1n) is 12.9. The van der Waals surface area contributed by atoms with Crippen LogP contribution in [-0.2, 0) is 0 Å². The second-order valence-electron chi connectivity index (χ2n) is 12.0. The summed E-state index contributed by atoms with van der Waals surface area (Å²) in [5, 5.41) is 10.3. The first kappa shape index (κ1) is 22.4. The Bertz CT molecular complexity index is 716. The summed E-state index contributed by atoms with van der Waals surface area (Å²) < 4.78 is 0. The van der Waals surface area contributed by atoms with Gasteiger partial charge in [0.25, 0.3) is 0 Å². The zero-order chi connectivity index (χ0) is 21.7. The predicted molar refractivity (Wildman–Crippen MR) is 128 cm³/mol. The van der Waals surface area contributed by atoms with Crippen LogP contribution in [0.3, 0.4) is 0 Å². The number of fused-ring (bicyclic) bond motifs is 5. The molecule has 0 aromatic rings. The standard InChI is InChI=1S/C29H46O/c1-7-21(19(2)3)9-8-20(4)25-12-13-26-24-11-10-22-18-23(30)14-16-28(22,5)27(24)15-17-29(25,26)6/h8-9,11,20-23,25-27,30H,2,7,10,12-18H2,1,3-6H3/t20-,21?,22+,23+,25-,26+,27+,28+,29-/m1/s1. The summed E-state index contributed by atoms with van der Waals surface area (Å²) >= 11 is 0. The molecule has 0 saturated heterocycles. The second-order valence-corrected chi connectivity index (χ2v) is 12.0. The van der Waals surface area contributed by atoms with Crippen molar-refractivity contribution in [2.45, 2.75) is 98.5 Å². The highest BCUT2D eigenvalue weighted by Crippen LogP contribution is 2.66. The SMILES string of the molecule is C=C(C)C(C=C[C@@H](C)[C@H]1CC[C@H]2C3=CC[C@H]4C[C@@H](O)CC[C@]4(C)[C@H]3CC[C@]12C)CC. The van der Waals surface area contributed by atoms with Gasteiger partial charge in [-0.25, -0.2) is 0 Å². The molecule has 4 aliphatic carbocycles. The highest BCUT2D eigenvalue weighted by atomic mass is 16.3. The molecule has 9 atom stereocenters. The molecule has 0 aliphatic heterocycles. The van der Waals surface area contributed by atoms with Crippen LogP contribution in [0.1, 0.15) is 92.4 Å². The Labute approximate surface area is 186 Å². The Hall–Kier alpha value is -0.820. The minimum Gasteiger partial charge on any atom is -0.393 e. The van der Waals surface area contributed by atoms with E-state index in [2.05, 4.69) is 59.4 Å². The Morgan fingerprint density at radius 1 is 1.13 bits per heavy atom. The van der Waals surface area contributed by atoms with Crippen molar-refractivity contribution in [2.75, 3.05) is 0 Å². The lowest BCUT2D eigenvalue weighted by atomic mass is 9.47. The van der Waals surface area contributed by atoms with Crippen LogP contribution in [0.25, 0.3) is 0 Å². The van der Waals surface area contributed by atoms with Crippen LogP contribution in [0.15, 0.2) is 36.0 Å². The maximum Gasteiger partial charge on any atom is 0.0543 e. The average molecular weight is 411 g/mol. The molecule has 1 unspecified atom stereocenters. The van der Waals surface area contributed by atoms with E-state index >= 15 is 0 Å². The fourth-order valence-corrected chi connectivity index (χ4v) is 8.49. The van der Waals surface area contributed by atoms with Crippen molar-refractivity contribution < 1.29 is 5.11 Å². The molecule has 4 aliphatic rings. The van der Waals surface area contributed by atoms with Crippen molar-refractivity contribution in [3.63, 3.8) is 0 Å². The molecule has 3 fully saturated rings. The Kier molecular flexibility index (Phi) is 6.17. The normalized spacial score (nSPS) is 45.3.